The molecule has 0 radical (unpaired) electrons. The number of hydrogen-bond acceptors (Lipinski definition) is 4. The van der Waals surface area contributed by atoms with Crippen molar-refractivity contribution in [2.24, 2.45) is 5.73 Å². The summed E-state index contributed by atoms with van der Waals surface area (Å²) >= 11 is 0. The van der Waals surface area contributed by atoms with Crippen LogP contribution in [-0.2, 0) is 9.47 Å². The summed E-state index contributed by atoms with van der Waals surface area (Å²) in [5, 5.41) is 0. The van der Waals surface area contributed by atoms with E-state index in [4.69, 9.17) is 15.2 Å². The Morgan fingerprint density at radius 3 is 2.75 bits per heavy atom. The molecule has 2 aliphatic rings. The maximum absolute atomic E-state index is 5.89. The van der Waals surface area contributed by atoms with Gasteiger partial charge in [-0.2, -0.15) is 0 Å². The second kappa shape index (κ2) is 8.98. The van der Waals surface area contributed by atoms with Crippen LogP contribution in [0.5, 0.6) is 0 Å². The SMILES string of the molecule is CCCC1CC(N2CCC(OCCCN)CC2)CCO1. The minimum absolute atomic E-state index is 0.462. The number of piperidine rings is 1. The molecule has 0 aliphatic carbocycles. The van der Waals surface area contributed by atoms with Crippen LogP contribution in [0, 0.1) is 0 Å². The van der Waals surface area contributed by atoms with Crippen molar-refractivity contribution in [1.29, 1.82) is 0 Å². The van der Waals surface area contributed by atoms with Gasteiger partial charge < -0.3 is 20.1 Å². The van der Waals surface area contributed by atoms with Crippen molar-refractivity contribution >= 4 is 0 Å². The minimum atomic E-state index is 0.462. The van der Waals surface area contributed by atoms with Crippen LogP contribution in [0.4, 0.5) is 0 Å². The molecule has 0 aromatic carbocycles. The summed E-state index contributed by atoms with van der Waals surface area (Å²) in [6, 6.07) is 0.741. The summed E-state index contributed by atoms with van der Waals surface area (Å²) in [6.07, 6.45) is 9.19. The highest BCUT2D eigenvalue weighted by Crippen LogP contribution is 2.25. The Morgan fingerprint density at radius 2 is 2.05 bits per heavy atom. The van der Waals surface area contributed by atoms with E-state index in [2.05, 4.69) is 11.8 Å². The summed E-state index contributed by atoms with van der Waals surface area (Å²) < 4.78 is 11.8. The van der Waals surface area contributed by atoms with Crippen molar-refractivity contribution in [3.8, 4) is 0 Å². The Balaban J connectivity index is 1.67. The highest BCUT2D eigenvalue weighted by Gasteiger charge is 2.29. The summed E-state index contributed by atoms with van der Waals surface area (Å²) in [4.78, 5) is 2.67. The highest BCUT2D eigenvalue weighted by atomic mass is 16.5. The Hall–Kier alpha value is -0.160. The normalized spacial score (nSPS) is 29.7. The lowest BCUT2D eigenvalue weighted by atomic mass is 9.96. The molecule has 4 heteroatoms. The van der Waals surface area contributed by atoms with Crippen LogP contribution >= 0.6 is 0 Å². The first-order chi connectivity index (χ1) is 9.83. The first-order valence-corrected chi connectivity index (χ1v) is 8.50. The quantitative estimate of drug-likeness (QED) is 0.728. The van der Waals surface area contributed by atoms with E-state index in [1.807, 2.05) is 0 Å². The molecule has 2 aliphatic heterocycles. The lowest BCUT2D eigenvalue weighted by molar-refractivity contribution is -0.0516. The number of hydrogen-bond donors (Lipinski definition) is 1. The predicted octanol–water partition coefficient (Wildman–Crippen LogP) is 2.16. The third-order valence-corrected chi connectivity index (χ3v) is 4.65. The third kappa shape index (κ3) is 4.99. The monoisotopic (exact) mass is 284 g/mol. The lowest BCUT2D eigenvalue weighted by Crippen LogP contribution is -2.47. The fourth-order valence-corrected chi connectivity index (χ4v) is 3.46. The smallest absolute Gasteiger partial charge is 0.0599 e. The largest absolute Gasteiger partial charge is 0.378 e. The van der Waals surface area contributed by atoms with E-state index in [0.29, 0.717) is 12.2 Å². The van der Waals surface area contributed by atoms with Gasteiger partial charge in [-0.15, -0.1) is 0 Å². The standard InChI is InChI=1S/C16H32N2O2/c1-2-4-16-13-14(7-12-20-16)18-9-5-15(6-10-18)19-11-3-8-17/h14-16H,2-13,17H2,1H3. The molecule has 2 atom stereocenters. The van der Waals surface area contributed by atoms with Crippen molar-refractivity contribution in [3.63, 3.8) is 0 Å². The van der Waals surface area contributed by atoms with E-state index in [-0.39, 0.29) is 0 Å². The zero-order valence-electron chi connectivity index (χ0n) is 13.1. The zero-order chi connectivity index (χ0) is 14.2. The molecule has 2 unspecified atom stereocenters. The molecule has 118 valence electrons. The molecule has 2 heterocycles. The van der Waals surface area contributed by atoms with Crippen LogP contribution in [0.25, 0.3) is 0 Å². The molecule has 2 fully saturated rings. The first kappa shape index (κ1) is 16.2. The van der Waals surface area contributed by atoms with Gasteiger partial charge in [0.25, 0.3) is 0 Å². The second-order valence-electron chi connectivity index (χ2n) is 6.21. The van der Waals surface area contributed by atoms with Gasteiger partial charge in [0.15, 0.2) is 0 Å². The van der Waals surface area contributed by atoms with Crippen molar-refractivity contribution in [1.82, 2.24) is 4.90 Å². The number of ether oxygens (including phenoxy) is 2. The van der Waals surface area contributed by atoms with Crippen LogP contribution in [0.2, 0.25) is 0 Å². The molecule has 0 aromatic heterocycles. The molecule has 20 heavy (non-hydrogen) atoms. The van der Waals surface area contributed by atoms with E-state index in [1.54, 1.807) is 0 Å². The lowest BCUT2D eigenvalue weighted by Gasteiger charge is -2.41. The number of nitrogens with two attached hydrogens (primary N) is 1. The Labute approximate surface area is 124 Å². The molecular weight excluding hydrogens is 252 g/mol. The van der Waals surface area contributed by atoms with Gasteiger partial charge in [0.2, 0.25) is 0 Å². The molecule has 2 N–H and O–H groups in total. The highest BCUT2D eigenvalue weighted by molar-refractivity contribution is 4.83. The van der Waals surface area contributed by atoms with Gasteiger partial charge in [0.1, 0.15) is 0 Å². The van der Waals surface area contributed by atoms with Crippen LogP contribution < -0.4 is 5.73 Å². The van der Waals surface area contributed by atoms with Crippen LogP contribution in [0.1, 0.15) is 51.9 Å². The van der Waals surface area contributed by atoms with Gasteiger partial charge in [-0.1, -0.05) is 13.3 Å². The summed E-state index contributed by atoms with van der Waals surface area (Å²) in [5.74, 6) is 0. The van der Waals surface area contributed by atoms with E-state index in [1.165, 1.54) is 51.6 Å². The fourth-order valence-electron chi connectivity index (χ4n) is 3.46. The van der Waals surface area contributed by atoms with Gasteiger partial charge in [0, 0.05) is 32.3 Å². The van der Waals surface area contributed by atoms with Crippen LogP contribution in [0.15, 0.2) is 0 Å². The molecule has 0 aromatic rings. The van der Waals surface area contributed by atoms with Gasteiger partial charge in [-0.05, 0) is 45.1 Å². The van der Waals surface area contributed by atoms with Gasteiger partial charge >= 0.3 is 0 Å². The zero-order valence-corrected chi connectivity index (χ0v) is 13.1. The molecule has 0 spiro atoms. The third-order valence-electron chi connectivity index (χ3n) is 4.65. The fraction of sp³-hybridized carbons (Fsp3) is 1.00. The topological polar surface area (TPSA) is 47.7 Å². The predicted molar refractivity (Wildman–Crippen MR) is 81.9 cm³/mol. The van der Waals surface area contributed by atoms with E-state index in [0.717, 1.165) is 32.2 Å². The molecule has 0 amide bonds. The molecule has 4 nitrogen and oxygen atoms in total. The summed E-state index contributed by atoms with van der Waals surface area (Å²) in [6.45, 7) is 7.14. The Kier molecular flexibility index (Phi) is 7.28. The first-order valence-electron chi connectivity index (χ1n) is 8.50. The molecule has 2 saturated heterocycles. The summed E-state index contributed by atoms with van der Waals surface area (Å²) in [7, 11) is 0. The van der Waals surface area contributed by atoms with E-state index < -0.39 is 0 Å². The average Bonchev–Trinajstić information content (AvgIpc) is 2.49. The van der Waals surface area contributed by atoms with Gasteiger partial charge in [-0.25, -0.2) is 0 Å². The minimum Gasteiger partial charge on any atom is -0.378 e. The number of rotatable bonds is 7. The number of nitrogens with zero attached hydrogens (tertiary/aromatic N) is 1. The van der Waals surface area contributed by atoms with Crippen molar-refractivity contribution in [2.75, 3.05) is 32.8 Å². The van der Waals surface area contributed by atoms with Crippen LogP contribution in [-0.4, -0.2) is 56.0 Å². The van der Waals surface area contributed by atoms with Crippen LogP contribution in [0.3, 0.4) is 0 Å². The van der Waals surface area contributed by atoms with E-state index >= 15 is 0 Å². The second-order valence-corrected chi connectivity index (χ2v) is 6.21. The van der Waals surface area contributed by atoms with Gasteiger partial charge in [0.05, 0.1) is 12.2 Å². The molecule has 0 saturated carbocycles. The van der Waals surface area contributed by atoms with Gasteiger partial charge in [-0.3, -0.25) is 0 Å². The molecular formula is C16H32N2O2. The van der Waals surface area contributed by atoms with Crippen molar-refractivity contribution in [2.45, 2.75) is 70.1 Å². The summed E-state index contributed by atoms with van der Waals surface area (Å²) in [5.41, 5.74) is 5.50. The number of likely N-dealkylation sites (tertiary alicyclic amines) is 1. The molecule has 2 rings (SSSR count). The molecule has 0 bridgehead atoms. The average molecular weight is 284 g/mol. The maximum Gasteiger partial charge on any atom is 0.0599 e. The Morgan fingerprint density at radius 1 is 1.25 bits per heavy atom. The van der Waals surface area contributed by atoms with E-state index in [9.17, 15) is 0 Å². The maximum atomic E-state index is 5.89. The Bertz CT molecular complexity index is 253. The van der Waals surface area contributed by atoms with Crippen molar-refractivity contribution in [3.05, 3.63) is 0 Å². The van der Waals surface area contributed by atoms with Crippen molar-refractivity contribution < 1.29 is 9.47 Å².